The molecule has 0 aliphatic rings. The van der Waals surface area contributed by atoms with Crippen molar-refractivity contribution in [3.05, 3.63) is 33.4 Å². The van der Waals surface area contributed by atoms with Crippen LogP contribution in [0.1, 0.15) is 5.56 Å². The maximum atomic E-state index is 9.69. The van der Waals surface area contributed by atoms with Crippen molar-refractivity contribution in [2.45, 2.75) is 6.92 Å². The van der Waals surface area contributed by atoms with E-state index in [1.807, 2.05) is 6.92 Å². The normalized spacial score (nSPS) is 10.7. The van der Waals surface area contributed by atoms with Crippen LogP contribution >= 0.6 is 22.6 Å². The topological polar surface area (TPSA) is 40.5 Å². The number of fused-ring (bicyclic) bond motifs is 1. The third kappa shape index (κ3) is 1.32. The lowest BCUT2D eigenvalue weighted by molar-refractivity contribution is 0.475. The average molecular weight is 300 g/mol. The molecular weight excluding hydrogens is 291 g/mol. The minimum Gasteiger partial charge on any atom is -0.507 e. The Morgan fingerprint density at radius 1 is 0.929 bits per heavy atom. The van der Waals surface area contributed by atoms with Gasteiger partial charge in [0.05, 0.1) is 0 Å². The standard InChI is InChI=1S/C11H9IO2/c1-6-2-4-9(14)11-7(12)3-5-8(13)10(6)11/h2-5,13-14H,1H3. The summed E-state index contributed by atoms with van der Waals surface area (Å²) in [6, 6.07) is 6.89. The zero-order chi connectivity index (χ0) is 10.3. The average Bonchev–Trinajstić information content (AvgIpc) is 2.16. The Labute approximate surface area is 95.3 Å². The highest BCUT2D eigenvalue weighted by Crippen LogP contribution is 2.36. The van der Waals surface area contributed by atoms with Gasteiger partial charge in [-0.15, -0.1) is 0 Å². The number of halogens is 1. The molecule has 0 radical (unpaired) electrons. The first kappa shape index (κ1) is 9.58. The molecule has 0 aromatic heterocycles. The second kappa shape index (κ2) is 3.31. The van der Waals surface area contributed by atoms with E-state index >= 15 is 0 Å². The van der Waals surface area contributed by atoms with Crippen LogP contribution in [0.25, 0.3) is 10.8 Å². The second-order valence-electron chi connectivity index (χ2n) is 3.22. The first-order valence-electron chi connectivity index (χ1n) is 4.21. The van der Waals surface area contributed by atoms with E-state index in [0.29, 0.717) is 0 Å². The van der Waals surface area contributed by atoms with E-state index in [9.17, 15) is 10.2 Å². The molecule has 0 unspecified atom stereocenters. The molecule has 0 aliphatic carbocycles. The summed E-state index contributed by atoms with van der Waals surface area (Å²) in [7, 11) is 0. The van der Waals surface area contributed by atoms with Crippen molar-refractivity contribution < 1.29 is 10.2 Å². The first-order chi connectivity index (χ1) is 6.61. The molecule has 0 saturated carbocycles. The van der Waals surface area contributed by atoms with Crippen molar-refractivity contribution in [3.8, 4) is 11.5 Å². The van der Waals surface area contributed by atoms with E-state index in [4.69, 9.17) is 0 Å². The van der Waals surface area contributed by atoms with Crippen LogP contribution in [-0.2, 0) is 0 Å². The highest BCUT2D eigenvalue weighted by molar-refractivity contribution is 14.1. The maximum Gasteiger partial charge on any atom is 0.124 e. The van der Waals surface area contributed by atoms with Crippen LogP contribution in [0.3, 0.4) is 0 Å². The summed E-state index contributed by atoms with van der Waals surface area (Å²) in [6.07, 6.45) is 0. The molecule has 0 fully saturated rings. The Morgan fingerprint density at radius 2 is 1.50 bits per heavy atom. The van der Waals surface area contributed by atoms with Gasteiger partial charge in [-0.3, -0.25) is 0 Å². The zero-order valence-electron chi connectivity index (χ0n) is 7.58. The molecule has 72 valence electrons. The molecule has 14 heavy (non-hydrogen) atoms. The molecule has 0 aliphatic heterocycles. The monoisotopic (exact) mass is 300 g/mol. The highest BCUT2D eigenvalue weighted by atomic mass is 127. The predicted octanol–water partition coefficient (Wildman–Crippen LogP) is 3.16. The number of phenols is 2. The van der Waals surface area contributed by atoms with Crippen LogP contribution in [0.2, 0.25) is 0 Å². The van der Waals surface area contributed by atoms with Gasteiger partial charge in [0.1, 0.15) is 11.5 Å². The number of benzene rings is 2. The third-order valence-electron chi connectivity index (χ3n) is 2.27. The summed E-state index contributed by atoms with van der Waals surface area (Å²) in [5.41, 5.74) is 0.966. The number of rotatable bonds is 0. The molecule has 0 bridgehead atoms. The van der Waals surface area contributed by atoms with Crippen molar-refractivity contribution >= 4 is 33.4 Å². The number of phenolic OH excluding ortho intramolecular Hbond substituents is 2. The Kier molecular flexibility index (Phi) is 2.26. The Bertz CT molecular complexity index is 417. The molecule has 0 amide bonds. The zero-order valence-corrected chi connectivity index (χ0v) is 9.74. The molecule has 3 heteroatoms. The fraction of sp³-hybridized carbons (Fsp3) is 0.0909. The summed E-state index contributed by atoms with van der Waals surface area (Å²) in [6.45, 7) is 1.91. The van der Waals surface area contributed by atoms with E-state index in [1.165, 1.54) is 0 Å². The van der Waals surface area contributed by atoms with Gasteiger partial charge in [-0.1, -0.05) is 6.07 Å². The van der Waals surface area contributed by atoms with E-state index in [1.54, 1.807) is 24.3 Å². The molecular formula is C11H9IO2. The van der Waals surface area contributed by atoms with Gasteiger partial charge in [-0.05, 0) is 53.3 Å². The lowest BCUT2D eigenvalue weighted by Gasteiger charge is -2.08. The molecule has 2 aromatic rings. The summed E-state index contributed by atoms with van der Waals surface area (Å²) in [5.74, 6) is 0.430. The third-order valence-corrected chi connectivity index (χ3v) is 3.17. The summed E-state index contributed by atoms with van der Waals surface area (Å²) < 4.78 is 0.941. The minimum atomic E-state index is 0.214. The van der Waals surface area contributed by atoms with E-state index in [-0.39, 0.29) is 11.5 Å². The Hall–Kier alpha value is -0.970. The Morgan fingerprint density at radius 3 is 2.14 bits per heavy atom. The van der Waals surface area contributed by atoms with Gasteiger partial charge in [-0.2, -0.15) is 0 Å². The molecule has 2 rings (SSSR count). The molecule has 2 nitrogen and oxygen atoms in total. The second-order valence-corrected chi connectivity index (χ2v) is 4.38. The van der Waals surface area contributed by atoms with Crippen LogP contribution in [0.5, 0.6) is 11.5 Å². The van der Waals surface area contributed by atoms with Crippen LogP contribution < -0.4 is 0 Å². The van der Waals surface area contributed by atoms with Gasteiger partial charge in [0.2, 0.25) is 0 Å². The van der Waals surface area contributed by atoms with E-state index in [2.05, 4.69) is 22.6 Å². The van der Waals surface area contributed by atoms with Crippen LogP contribution in [0, 0.1) is 10.5 Å². The van der Waals surface area contributed by atoms with Gasteiger partial charge in [0, 0.05) is 14.3 Å². The first-order valence-corrected chi connectivity index (χ1v) is 5.29. The number of hydrogen-bond acceptors (Lipinski definition) is 2. The predicted molar refractivity (Wildman–Crippen MR) is 64.7 cm³/mol. The van der Waals surface area contributed by atoms with Crippen molar-refractivity contribution in [2.24, 2.45) is 0 Å². The smallest absolute Gasteiger partial charge is 0.124 e. The Balaban J connectivity index is 3.05. The summed E-state index contributed by atoms with van der Waals surface area (Å²) in [4.78, 5) is 0. The van der Waals surface area contributed by atoms with Gasteiger partial charge in [0.25, 0.3) is 0 Å². The molecule has 0 atom stereocenters. The maximum absolute atomic E-state index is 9.69. The summed E-state index contributed by atoms with van der Waals surface area (Å²) in [5, 5.41) is 20.8. The van der Waals surface area contributed by atoms with Crippen molar-refractivity contribution in [1.29, 1.82) is 0 Å². The SMILES string of the molecule is Cc1ccc(O)c2c(I)ccc(O)c12. The lowest BCUT2D eigenvalue weighted by atomic mass is 10.0. The lowest BCUT2D eigenvalue weighted by Crippen LogP contribution is -1.83. The van der Waals surface area contributed by atoms with Gasteiger partial charge in [0.15, 0.2) is 0 Å². The number of aromatic hydroxyl groups is 2. The summed E-state index contributed by atoms with van der Waals surface area (Å²) >= 11 is 2.15. The molecule has 0 heterocycles. The molecule has 0 saturated heterocycles. The fourth-order valence-corrected chi connectivity index (χ4v) is 2.31. The highest BCUT2D eigenvalue weighted by Gasteiger charge is 2.09. The van der Waals surface area contributed by atoms with Crippen molar-refractivity contribution in [2.75, 3.05) is 0 Å². The van der Waals surface area contributed by atoms with Gasteiger partial charge < -0.3 is 10.2 Å². The molecule has 2 N–H and O–H groups in total. The fourth-order valence-electron chi connectivity index (χ4n) is 1.59. The van der Waals surface area contributed by atoms with Crippen LogP contribution in [-0.4, -0.2) is 10.2 Å². The molecule has 0 spiro atoms. The van der Waals surface area contributed by atoms with E-state index in [0.717, 1.165) is 19.9 Å². The van der Waals surface area contributed by atoms with Crippen LogP contribution in [0.4, 0.5) is 0 Å². The largest absolute Gasteiger partial charge is 0.507 e. The van der Waals surface area contributed by atoms with E-state index < -0.39 is 0 Å². The number of aryl methyl sites for hydroxylation is 1. The molecule has 2 aromatic carbocycles. The number of hydrogen-bond donors (Lipinski definition) is 2. The quantitative estimate of drug-likeness (QED) is 0.734. The van der Waals surface area contributed by atoms with Crippen LogP contribution in [0.15, 0.2) is 24.3 Å². The van der Waals surface area contributed by atoms with Gasteiger partial charge in [-0.25, -0.2) is 0 Å². The van der Waals surface area contributed by atoms with Gasteiger partial charge >= 0.3 is 0 Å². The van der Waals surface area contributed by atoms with Crippen molar-refractivity contribution in [3.63, 3.8) is 0 Å². The minimum absolute atomic E-state index is 0.214. The van der Waals surface area contributed by atoms with Crippen molar-refractivity contribution in [1.82, 2.24) is 0 Å².